The van der Waals surface area contributed by atoms with Crippen molar-refractivity contribution in [1.29, 1.82) is 0 Å². The summed E-state index contributed by atoms with van der Waals surface area (Å²) in [6, 6.07) is 8.70. The van der Waals surface area contributed by atoms with Gasteiger partial charge >= 0.3 is 11.9 Å². The minimum Gasteiger partial charge on any atom is -0.481 e. The number of ether oxygens (including phenoxy) is 1. The van der Waals surface area contributed by atoms with Crippen molar-refractivity contribution in [2.24, 2.45) is 11.8 Å². The fourth-order valence-electron chi connectivity index (χ4n) is 2.87. The van der Waals surface area contributed by atoms with Crippen molar-refractivity contribution in [2.45, 2.75) is 38.7 Å². The van der Waals surface area contributed by atoms with Crippen molar-refractivity contribution in [3.8, 4) is 0 Å². The number of benzene rings is 1. The number of hydrogen-bond donors (Lipinski definition) is 1. The van der Waals surface area contributed by atoms with E-state index in [1.807, 2.05) is 13.0 Å². The Morgan fingerprint density at radius 3 is 2.50 bits per heavy atom. The number of carbonyl (C=O) groups is 3. The molecule has 0 unspecified atom stereocenters. The molecule has 0 amide bonds. The van der Waals surface area contributed by atoms with Gasteiger partial charge in [0, 0.05) is 17.9 Å². The molecule has 0 aromatic heterocycles. The lowest BCUT2D eigenvalue weighted by Gasteiger charge is -2.18. The summed E-state index contributed by atoms with van der Waals surface area (Å²) in [5.74, 6) is -3.93. The highest BCUT2D eigenvalue weighted by molar-refractivity contribution is 5.99. The molecule has 1 aliphatic heterocycles. The van der Waals surface area contributed by atoms with Crippen LogP contribution in [0, 0.1) is 11.8 Å². The van der Waals surface area contributed by atoms with E-state index in [4.69, 9.17) is 4.74 Å². The number of esters is 1. The SMILES string of the molecule is CCCC[C@H]1OC(=O)[C@@H](C(=O)O)[C@H]1CC(=O)c1ccccc1. The van der Waals surface area contributed by atoms with Crippen LogP contribution in [0.15, 0.2) is 30.3 Å². The second-order valence-electron chi connectivity index (χ2n) is 5.59. The van der Waals surface area contributed by atoms with Gasteiger partial charge in [0.2, 0.25) is 0 Å². The van der Waals surface area contributed by atoms with Gasteiger partial charge in [-0.15, -0.1) is 0 Å². The lowest BCUT2D eigenvalue weighted by Crippen LogP contribution is -2.29. The van der Waals surface area contributed by atoms with Gasteiger partial charge in [0.05, 0.1) is 0 Å². The van der Waals surface area contributed by atoms with Crippen molar-refractivity contribution in [3.05, 3.63) is 35.9 Å². The molecule has 1 saturated heterocycles. The van der Waals surface area contributed by atoms with Crippen LogP contribution in [-0.4, -0.2) is 28.9 Å². The molecule has 0 aliphatic carbocycles. The largest absolute Gasteiger partial charge is 0.481 e. The van der Waals surface area contributed by atoms with E-state index in [1.54, 1.807) is 24.3 Å². The molecule has 3 atom stereocenters. The lowest BCUT2D eigenvalue weighted by molar-refractivity contribution is -0.153. The average molecular weight is 304 g/mol. The third-order valence-corrected chi connectivity index (χ3v) is 4.05. The predicted molar refractivity (Wildman–Crippen MR) is 79.4 cm³/mol. The summed E-state index contributed by atoms with van der Waals surface area (Å²) in [6.07, 6.45) is 1.88. The number of carbonyl (C=O) groups excluding carboxylic acids is 2. The number of Topliss-reactive ketones (excluding diaryl/α,β-unsaturated/α-hetero) is 1. The summed E-state index contributed by atoms with van der Waals surface area (Å²) in [6.45, 7) is 2.01. The quantitative estimate of drug-likeness (QED) is 0.476. The molecule has 1 fully saturated rings. The highest BCUT2D eigenvalue weighted by Crippen LogP contribution is 2.35. The van der Waals surface area contributed by atoms with Gasteiger partial charge in [-0.05, 0) is 6.42 Å². The van der Waals surface area contributed by atoms with Crippen molar-refractivity contribution in [2.75, 3.05) is 0 Å². The Kier molecular flexibility index (Phi) is 5.31. The van der Waals surface area contributed by atoms with Crippen LogP contribution in [0.1, 0.15) is 43.0 Å². The molecule has 0 saturated carbocycles. The molecule has 0 radical (unpaired) electrons. The van der Waals surface area contributed by atoms with E-state index in [0.717, 1.165) is 12.8 Å². The van der Waals surface area contributed by atoms with Crippen LogP contribution in [0.25, 0.3) is 0 Å². The molecule has 1 aromatic rings. The first kappa shape index (κ1) is 16.2. The number of ketones is 1. The first-order valence-electron chi connectivity index (χ1n) is 7.56. The molecule has 0 bridgehead atoms. The van der Waals surface area contributed by atoms with Crippen LogP contribution in [0.5, 0.6) is 0 Å². The Bertz CT molecular complexity index is 551. The van der Waals surface area contributed by atoms with Gasteiger partial charge in [-0.25, -0.2) is 0 Å². The second kappa shape index (κ2) is 7.20. The van der Waals surface area contributed by atoms with E-state index in [-0.39, 0.29) is 12.2 Å². The van der Waals surface area contributed by atoms with Crippen molar-refractivity contribution in [3.63, 3.8) is 0 Å². The second-order valence-corrected chi connectivity index (χ2v) is 5.59. The Hall–Kier alpha value is -2.17. The number of rotatable bonds is 7. The zero-order valence-electron chi connectivity index (χ0n) is 12.5. The van der Waals surface area contributed by atoms with Crippen molar-refractivity contribution in [1.82, 2.24) is 0 Å². The van der Waals surface area contributed by atoms with Gasteiger partial charge in [0.25, 0.3) is 0 Å². The van der Waals surface area contributed by atoms with Gasteiger partial charge in [-0.1, -0.05) is 50.1 Å². The Morgan fingerprint density at radius 2 is 1.91 bits per heavy atom. The highest BCUT2D eigenvalue weighted by Gasteiger charge is 2.49. The highest BCUT2D eigenvalue weighted by atomic mass is 16.6. The molecule has 1 aliphatic rings. The molecule has 1 N–H and O–H groups in total. The summed E-state index contributed by atoms with van der Waals surface area (Å²) in [5.41, 5.74) is 0.528. The summed E-state index contributed by atoms with van der Waals surface area (Å²) in [4.78, 5) is 35.5. The monoisotopic (exact) mass is 304 g/mol. The summed E-state index contributed by atoms with van der Waals surface area (Å²) >= 11 is 0. The number of aliphatic carboxylic acids is 1. The fourth-order valence-corrected chi connectivity index (χ4v) is 2.87. The molecule has 2 rings (SSSR count). The van der Waals surface area contributed by atoms with E-state index >= 15 is 0 Å². The first-order chi connectivity index (χ1) is 10.5. The van der Waals surface area contributed by atoms with Gasteiger partial charge < -0.3 is 9.84 Å². The van der Waals surface area contributed by atoms with Crippen molar-refractivity contribution < 1.29 is 24.2 Å². The maximum atomic E-state index is 12.3. The minimum absolute atomic E-state index is 0.0150. The van der Waals surface area contributed by atoms with E-state index < -0.39 is 29.9 Å². The van der Waals surface area contributed by atoms with Crippen LogP contribution in [0.4, 0.5) is 0 Å². The van der Waals surface area contributed by atoms with Gasteiger partial charge in [-0.2, -0.15) is 0 Å². The standard InChI is InChI=1S/C17H20O5/c1-2-3-9-14-12(15(16(19)20)17(21)22-14)10-13(18)11-7-5-4-6-8-11/h4-8,12,14-15H,2-3,9-10H2,1H3,(H,19,20)/t12-,14+,15+/m0/s1. The van der Waals surface area contributed by atoms with Gasteiger partial charge in [0.15, 0.2) is 11.7 Å². The number of cyclic esters (lactones) is 1. The van der Waals surface area contributed by atoms with Gasteiger partial charge in [-0.3, -0.25) is 14.4 Å². The zero-order chi connectivity index (χ0) is 16.1. The third-order valence-electron chi connectivity index (χ3n) is 4.05. The predicted octanol–water partition coefficient (Wildman–Crippen LogP) is 2.69. The first-order valence-corrected chi connectivity index (χ1v) is 7.56. The molecular weight excluding hydrogens is 284 g/mol. The molecule has 0 spiro atoms. The summed E-state index contributed by atoms with van der Waals surface area (Å²) in [7, 11) is 0. The number of carboxylic acids is 1. The van der Waals surface area contributed by atoms with E-state index in [1.165, 1.54) is 0 Å². The number of hydrogen-bond acceptors (Lipinski definition) is 4. The fraction of sp³-hybridized carbons (Fsp3) is 0.471. The average Bonchev–Trinajstić information content (AvgIpc) is 2.81. The van der Waals surface area contributed by atoms with E-state index in [9.17, 15) is 19.5 Å². The number of unbranched alkanes of at least 4 members (excludes halogenated alkanes) is 1. The molecular formula is C17H20O5. The maximum Gasteiger partial charge on any atom is 0.321 e. The smallest absolute Gasteiger partial charge is 0.321 e. The number of carboxylic acid groups (broad SMARTS) is 1. The molecule has 5 heteroatoms. The van der Waals surface area contributed by atoms with Crippen LogP contribution in [0.2, 0.25) is 0 Å². The summed E-state index contributed by atoms with van der Waals surface area (Å²) in [5, 5.41) is 9.27. The van der Waals surface area contributed by atoms with Crippen LogP contribution in [0.3, 0.4) is 0 Å². The Morgan fingerprint density at radius 1 is 1.23 bits per heavy atom. The molecule has 5 nitrogen and oxygen atoms in total. The Balaban J connectivity index is 2.16. The topological polar surface area (TPSA) is 80.7 Å². The van der Waals surface area contributed by atoms with E-state index in [2.05, 4.69) is 0 Å². The molecule has 1 heterocycles. The summed E-state index contributed by atoms with van der Waals surface area (Å²) < 4.78 is 5.21. The Labute approximate surface area is 129 Å². The minimum atomic E-state index is -1.24. The molecule has 118 valence electrons. The van der Waals surface area contributed by atoms with Crippen LogP contribution in [-0.2, 0) is 14.3 Å². The van der Waals surface area contributed by atoms with E-state index in [0.29, 0.717) is 12.0 Å². The lowest BCUT2D eigenvalue weighted by atomic mass is 9.83. The molecule has 1 aromatic carbocycles. The molecule has 22 heavy (non-hydrogen) atoms. The van der Waals surface area contributed by atoms with Crippen molar-refractivity contribution >= 4 is 17.7 Å². The van der Waals surface area contributed by atoms with Crippen LogP contribution < -0.4 is 0 Å². The maximum absolute atomic E-state index is 12.3. The third kappa shape index (κ3) is 3.53. The zero-order valence-corrected chi connectivity index (χ0v) is 12.5. The van der Waals surface area contributed by atoms with Gasteiger partial charge in [0.1, 0.15) is 6.10 Å². The van der Waals surface area contributed by atoms with Crippen LogP contribution >= 0.6 is 0 Å². The normalized spacial score (nSPS) is 24.0.